The summed E-state index contributed by atoms with van der Waals surface area (Å²) in [5.41, 5.74) is 6.75. The molecule has 0 aliphatic carbocycles. The van der Waals surface area contributed by atoms with Gasteiger partial charge in [-0.3, -0.25) is 14.5 Å². The number of β-lactam (4-membered cyclic amide) rings is 1. The van der Waals surface area contributed by atoms with Gasteiger partial charge in [-0.2, -0.15) is 9.36 Å². The van der Waals surface area contributed by atoms with Gasteiger partial charge in [-0.05, 0) is 12.8 Å². The van der Waals surface area contributed by atoms with Gasteiger partial charge in [0.15, 0.2) is 9.47 Å². The fourth-order valence-electron chi connectivity index (χ4n) is 3.26. The van der Waals surface area contributed by atoms with Crippen molar-refractivity contribution in [3.8, 4) is 0 Å². The average molecular weight is 483 g/mol. The predicted molar refractivity (Wildman–Crippen MR) is 110 cm³/mol. The van der Waals surface area contributed by atoms with Gasteiger partial charge < -0.3 is 21.0 Å². The van der Waals surface area contributed by atoms with Crippen LogP contribution in [-0.4, -0.2) is 72.3 Å². The van der Waals surface area contributed by atoms with Crippen molar-refractivity contribution < 1.29 is 24.3 Å². The maximum absolute atomic E-state index is 12.8. The number of allylic oxidation sites excluding steroid dienone is 1. The third-order valence-corrected chi connectivity index (χ3v) is 6.95. The number of nitrogens with one attached hydrogen (secondary N) is 1. The molecule has 0 saturated carbocycles. The van der Waals surface area contributed by atoms with Crippen LogP contribution in [0.15, 0.2) is 25.6 Å². The Labute approximate surface area is 186 Å². The van der Waals surface area contributed by atoms with Crippen molar-refractivity contribution >= 4 is 63.3 Å². The van der Waals surface area contributed by atoms with E-state index in [0.717, 1.165) is 11.5 Å². The summed E-state index contributed by atoms with van der Waals surface area (Å²) < 4.78 is 4.51. The second-order valence-corrected chi connectivity index (χ2v) is 9.19. The molecule has 31 heavy (non-hydrogen) atoms. The molecule has 0 unspecified atom stereocenters. The number of aliphatic carboxylic acids is 1. The maximum atomic E-state index is 12.8. The number of carboxylic acids is 1. The van der Waals surface area contributed by atoms with Crippen molar-refractivity contribution in [2.24, 2.45) is 5.16 Å². The predicted octanol–water partition coefficient (Wildman–Crippen LogP) is -0.0998. The minimum atomic E-state index is -1.22. The summed E-state index contributed by atoms with van der Waals surface area (Å²) in [6, 6.07) is -1.41. The zero-order valence-electron chi connectivity index (χ0n) is 15.7. The van der Waals surface area contributed by atoms with Crippen LogP contribution in [0.2, 0.25) is 0 Å². The first kappa shape index (κ1) is 21.1. The number of nitrogens with two attached hydrogens (primary N) is 1. The number of hydrogen-bond donors (Lipinski definition) is 3. The molecular formula is C15H14N8O5S3. The Bertz CT molecular complexity index is 1100. The lowest BCUT2D eigenvalue weighted by atomic mass is 9.86. The van der Waals surface area contributed by atoms with E-state index in [9.17, 15) is 19.5 Å². The molecular weight excluding hydrogens is 468 g/mol. The number of carboxylic acid groups (broad SMARTS) is 1. The molecule has 1 saturated heterocycles. The highest BCUT2D eigenvalue weighted by molar-refractivity contribution is 8.04. The number of fused-ring (bicyclic) bond motifs is 1. The van der Waals surface area contributed by atoms with E-state index in [1.165, 1.54) is 35.1 Å². The second kappa shape index (κ2) is 8.56. The number of rotatable bonds is 7. The van der Waals surface area contributed by atoms with E-state index in [4.69, 9.17) is 5.73 Å². The summed E-state index contributed by atoms with van der Waals surface area (Å²) in [4.78, 5) is 47.7. The molecule has 162 valence electrons. The first-order valence-electron chi connectivity index (χ1n) is 8.65. The summed E-state index contributed by atoms with van der Waals surface area (Å²) >= 11 is 3.33. The van der Waals surface area contributed by atoms with E-state index in [0.29, 0.717) is 22.1 Å². The van der Waals surface area contributed by atoms with Crippen molar-refractivity contribution in [2.45, 2.75) is 29.3 Å². The number of amides is 2. The molecule has 2 aromatic heterocycles. The minimum Gasteiger partial charge on any atom is -0.477 e. The Kier molecular flexibility index (Phi) is 5.84. The zero-order chi connectivity index (χ0) is 22.1. The third-order valence-electron chi connectivity index (χ3n) is 4.48. The molecule has 2 amide bonds. The van der Waals surface area contributed by atoms with E-state index >= 15 is 0 Å². The van der Waals surface area contributed by atoms with E-state index in [1.54, 1.807) is 5.51 Å². The van der Waals surface area contributed by atoms with Gasteiger partial charge in [-0.1, -0.05) is 28.3 Å². The summed E-state index contributed by atoms with van der Waals surface area (Å²) in [5.74, 6) is -2.52. The van der Waals surface area contributed by atoms with E-state index in [2.05, 4.69) is 34.9 Å². The van der Waals surface area contributed by atoms with Crippen LogP contribution >= 0.6 is 34.6 Å². The minimum absolute atomic E-state index is 0.0315. The quantitative estimate of drug-likeness (QED) is 0.272. The molecule has 0 spiro atoms. The van der Waals surface area contributed by atoms with Gasteiger partial charge in [0.05, 0.1) is 6.04 Å². The fraction of sp³-hybridized carbons (Fsp3) is 0.333. The molecule has 2 aliphatic rings. The molecule has 4 rings (SSSR count). The molecule has 13 nitrogen and oxygen atoms in total. The van der Waals surface area contributed by atoms with Crippen molar-refractivity contribution in [1.29, 1.82) is 0 Å². The highest BCUT2D eigenvalue weighted by Gasteiger charge is 2.54. The van der Waals surface area contributed by atoms with Gasteiger partial charge in [-0.15, -0.1) is 10.2 Å². The number of hydrogen-bond acceptors (Lipinski definition) is 13. The molecule has 0 radical (unpaired) electrons. The number of nitrogens with zero attached hydrogens (tertiary/aromatic N) is 6. The number of thioether (sulfide) groups is 1. The van der Waals surface area contributed by atoms with Gasteiger partial charge in [0.1, 0.15) is 24.4 Å². The zero-order valence-corrected chi connectivity index (χ0v) is 18.2. The molecule has 1 fully saturated rings. The number of anilines is 1. The van der Waals surface area contributed by atoms with Crippen molar-refractivity contribution in [2.75, 3.05) is 12.8 Å². The standard InChI is InChI=1S/C15H14N8O5S3/c1-28-21-8(10-19-14(16)31-22-10)11(24)18-7-5-2-3-6(30-15-20-17-4-29-15)9(13(26)27)23(5)12(7)25/h4-5,7H,2-3H2,1H3,(H,18,24)(H,26,27)(H2,16,19,22)/b21-8-/t5-,7+/m1/s1. The van der Waals surface area contributed by atoms with Gasteiger partial charge in [0.25, 0.3) is 11.8 Å². The molecule has 0 aromatic carbocycles. The van der Waals surface area contributed by atoms with E-state index in [-0.39, 0.29) is 22.4 Å². The Morgan fingerprint density at radius 1 is 1.48 bits per heavy atom. The van der Waals surface area contributed by atoms with Crippen LogP contribution < -0.4 is 11.1 Å². The lowest BCUT2D eigenvalue weighted by Crippen LogP contribution is -2.72. The van der Waals surface area contributed by atoms with Gasteiger partial charge in [-0.25, -0.2) is 4.79 Å². The first-order valence-corrected chi connectivity index (χ1v) is 11.1. The molecule has 4 N–H and O–H groups in total. The second-order valence-electron chi connectivity index (χ2n) is 6.23. The Morgan fingerprint density at radius 2 is 2.29 bits per heavy atom. The van der Waals surface area contributed by atoms with E-state index < -0.39 is 29.9 Å². The van der Waals surface area contributed by atoms with Crippen molar-refractivity contribution in [1.82, 2.24) is 29.8 Å². The topological polar surface area (TPSA) is 186 Å². The largest absolute Gasteiger partial charge is 0.477 e. The smallest absolute Gasteiger partial charge is 0.353 e. The highest BCUT2D eigenvalue weighted by Crippen LogP contribution is 2.43. The van der Waals surface area contributed by atoms with Crippen molar-refractivity contribution in [3.63, 3.8) is 0 Å². The SMILES string of the molecule is CO/N=C(\C(=O)N[C@@H]1C(=O)N2C(C(=O)O)=C(Sc3nncs3)CC[C@H]12)c1nsc(N)n1. The van der Waals surface area contributed by atoms with Gasteiger partial charge in [0, 0.05) is 16.4 Å². The summed E-state index contributed by atoms with van der Waals surface area (Å²) in [6.07, 6.45) is 0.878. The number of oxime groups is 1. The molecule has 16 heteroatoms. The Hall–Kier alpha value is -3.11. The Morgan fingerprint density at radius 3 is 2.90 bits per heavy atom. The number of carbonyl (C=O) groups excluding carboxylic acids is 2. The van der Waals surface area contributed by atoms with Gasteiger partial charge in [0.2, 0.25) is 11.5 Å². The third kappa shape index (κ3) is 3.96. The molecule has 0 bridgehead atoms. The summed E-state index contributed by atoms with van der Waals surface area (Å²) in [6.45, 7) is 0. The Balaban J connectivity index is 1.53. The number of aromatic nitrogens is 4. The number of nitrogen functional groups attached to an aromatic ring is 1. The van der Waals surface area contributed by atoms with Crippen LogP contribution in [0.1, 0.15) is 18.7 Å². The molecule has 2 atom stereocenters. The molecule has 4 heterocycles. The van der Waals surface area contributed by atoms with Crippen LogP contribution in [0.4, 0.5) is 5.13 Å². The number of carbonyl (C=O) groups is 3. The first-order chi connectivity index (χ1) is 14.9. The van der Waals surface area contributed by atoms with Gasteiger partial charge >= 0.3 is 5.97 Å². The maximum Gasteiger partial charge on any atom is 0.353 e. The van der Waals surface area contributed by atoms with Crippen LogP contribution in [-0.2, 0) is 19.2 Å². The van der Waals surface area contributed by atoms with Crippen molar-refractivity contribution in [3.05, 3.63) is 21.9 Å². The molecule has 2 aliphatic heterocycles. The average Bonchev–Trinajstić information content (AvgIpc) is 3.41. The lowest BCUT2D eigenvalue weighted by Gasteiger charge is -2.49. The van der Waals surface area contributed by atoms with Crippen LogP contribution in [0.3, 0.4) is 0 Å². The summed E-state index contributed by atoms with van der Waals surface area (Å²) in [5, 5.41) is 23.7. The van der Waals surface area contributed by atoms with E-state index in [1.807, 2.05) is 0 Å². The van der Waals surface area contributed by atoms with Crippen LogP contribution in [0, 0.1) is 0 Å². The summed E-state index contributed by atoms with van der Waals surface area (Å²) in [7, 11) is 1.25. The highest BCUT2D eigenvalue weighted by atomic mass is 32.2. The van der Waals surface area contributed by atoms with Crippen LogP contribution in [0.25, 0.3) is 0 Å². The fourth-order valence-corrected chi connectivity index (χ4v) is 5.39. The molecule has 2 aromatic rings. The van der Waals surface area contributed by atoms with Crippen LogP contribution in [0.5, 0.6) is 0 Å². The monoisotopic (exact) mass is 482 g/mol. The lowest BCUT2D eigenvalue weighted by molar-refractivity contribution is -0.155. The normalized spacial score (nSPS) is 20.9.